The maximum atomic E-state index is 12.2. The fourth-order valence-electron chi connectivity index (χ4n) is 1.66. The Morgan fingerprint density at radius 2 is 1.94 bits per heavy atom. The molecule has 1 aromatic carbocycles. The zero-order valence-electron chi connectivity index (χ0n) is 8.96. The van der Waals surface area contributed by atoms with Crippen LogP contribution in [0.2, 0.25) is 0 Å². The van der Waals surface area contributed by atoms with Crippen molar-refractivity contribution in [3.05, 3.63) is 57.8 Å². The number of rotatable bonds is 3. The van der Waals surface area contributed by atoms with Crippen molar-refractivity contribution in [3.8, 4) is 0 Å². The van der Waals surface area contributed by atoms with Crippen LogP contribution in [0.25, 0.3) is 0 Å². The predicted octanol–water partition coefficient (Wildman–Crippen LogP) is 3.57. The normalized spacial score (nSPS) is 10.4. The second-order valence-electron chi connectivity index (χ2n) is 3.58. The Morgan fingerprint density at radius 1 is 1.25 bits per heavy atom. The molecule has 0 bridgehead atoms. The summed E-state index contributed by atoms with van der Waals surface area (Å²) in [6.45, 7) is 2.04. The molecule has 0 fully saturated rings. The van der Waals surface area contributed by atoms with Gasteiger partial charge < -0.3 is 4.98 Å². The van der Waals surface area contributed by atoms with Crippen molar-refractivity contribution in [2.24, 2.45) is 0 Å². The first-order chi connectivity index (χ1) is 7.72. The number of ketones is 1. The van der Waals surface area contributed by atoms with E-state index >= 15 is 0 Å². The van der Waals surface area contributed by atoms with E-state index in [9.17, 15) is 4.79 Å². The molecule has 1 heterocycles. The van der Waals surface area contributed by atoms with Crippen molar-refractivity contribution in [1.29, 1.82) is 0 Å². The first kappa shape index (κ1) is 11.1. The molecule has 0 amide bonds. The van der Waals surface area contributed by atoms with Crippen molar-refractivity contribution in [2.45, 2.75) is 13.3 Å². The molecule has 2 aromatic rings. The van der Waals surface area contributed by atoms with Crippen LogP contribution in [-0.4, -0.2) is 10.8 Å². The molecule has 0 aliphatic heterocycles. The summed E-state index contributed by atoms with van der Waals surface area (Å²) in [5.74, 6) is 0.0746. The molecular weight excluding hydrogens is 266 g/mol. The fourth-order valence-corrected chi connectivity index (χ4v) is 1.92. The van der Waals surface area contributed by atoms with Crippen LogP contribution in [0.4, 0.5) is 0 Å². The van der Waals surface area contributed by atoms with Crippen LogP contribution in [0.5, 0.6) is 0 Å². The minimum Gasteiger partial charge on any atom is -0.367 e. The molecule has 82 valence electrons. The van der Waals surface area contributed by atoms with Gasteiger partial charge in [-0.25, -0.2) is 0 Å². The van der Waals surface area contributed by atoms with Gasteiger partial charge in [0.15, 0.2) is 5.78 Å². The second-order valence-corrected chi connectivity index (χ2v) is 4.50. The van der Waals surface area contributed by atoms with Crippen molar-refractivity contribution >= 4 is 21.7 Å². The molecule has 0 unspecified atom stereocenters. The first-order valence-electron chi connectivity index (χ1n) is 5.18. The summed E-state index contributed by atoms with van der Waals surface area (Å²) in [6.07, 6.45) is 4.51. The Hall–Kier alpha value is -1.35. The van der Waals surface area contributed by atoms with E-state index in [0.29, 0.717) is 0 Å². The Balaban J connectivity index is 2.35. The molecular formula is C13H12BrNO. The van der Waals surface area contributed by atoms with Gasteiger partial charge in [-0.05, 0) is 36.2 Å². The second kappa shape index (κ2) is 4.66. The van der Waals surface area contributed by atoms with Gasteiger partial charge in [-0.3, -0.25) is 4.79 Å². The van der Waals surface area contributed by atoms with Crippen LogP contribution in [0.3, 0.4) is 0 Å². The van der Waals surface area contributed by atoms with Crippen molar-refractivity contribution in [2.75, 3.05) is 0 Å². The Morgan fingerprint density at radius 3 is 2.56 bits per heavy atom. The highest BCUT2D eigenvalue weighted by atomic mass is 79.9. The molecule has 0 atom stereocenters. The van der Waals surface area contributed by atoms with Gasteiger partial charge in [0, 0.05) is 28.0 Å². The van der Waals surface area contributed by atoms with E-state index in [4.69, 9.17) is 0 Å². The number of benzene rings is 1. The molecule has 0 saturated carbocycles. The quantitative estimate of drug-likeness (QED) is 0.855. The first-order valence-corrected chi connectivity index (χ1v) is 5.97. The average Bonchev–Trinajstić information content (AvgIpc) is 2.77. The van der Waals surface area contributed by atoms with Gasteiger partial charge in [0.2, 0.25) is 0 Å². The molecule has 2 nitrogen and oxygen atoms in total. The Kier molecular flexibility index (Phi) is 3.25. The maximum absolute atomic E-state index is 12.2. The van der Waals surface area contributed by atoms with Crippen molar-refractivity contribution < 1.29 is 4.79 Å². The molecule has 0 spiro atoms. The zero-order valence-corrected chi connectivity index (χ0v) is 10.5. The maximum Gasteiger partial charge on any atom is 0.194 e. The fraction of sp³-hybridized carbons (Fsp3) is 0.154. The van der Waals surface area contributed by atoms with Gasteiger partial charge in [-0.1, -0.05) is 22.9 Å². The number of carbonyl (C=O) groups is 1. The van der Waals surface area contributed by atoms with Gasteiger partial charge in [0.25, 0.3) is 0 Å². The summed E-state index contributed by atoms with van der Waals surface area (Å²) in [4.78, 5) is 15.1. The molecule has 1 N–H and O–H groups in total. The lowest BCUT2D eigenvalue weighted by molar-refractivity contribution is 0.103. The molecule has 0 aliphatic carbocycles. The largest absolute Gasteiger partial charge is 0.367 e. The van der Waals surface area contributed by atoms with Crippen LogP contribution in [0, 0.1) is 0 Å². The topological polar surface area (TPSA) is 32.9 Å². The van der Waals surface area contributed by atoms with E-state index in [1.54, 1.807) is 6.20 Å². The van der Waals surface area contributed by atoms with Crippen LogP contribution in [0.1, 0.15) is 28.4 Å². The van der Waals surface area contributed by atoms with Crippen molar-refractivity contribution in [3.63, 3.8) is 0 Å². The summed E-state index contributed by atoms with van der Waals surface area (Å²) >= 11 is 3.35. The van der Waals surface area contributed by atoms with Crippen LogP contribution in [-0.2, 0) is 6.42 Å². The minimum atomic E-state index is 0.0746. The van der Waals surface area contributed by atoms with E-state index in [0.717, 1.165) is 27.6 Å². The zero-order chi connectivity index (χ0) is 11.5. The van der Waals surface area contributed by atoms with E-state index < -0.39 is 0 Å². The Labute approximate surface area is 103 Å². The smallest absolute Gasteiger partial charge is 0.194 e. The molecule has 3 heteroatoms. The molecule has 16 heavy (non-hydrogen) atoms. The van der Waals surface area contributed by atoms with Crippen LogP contribution in [0.15, 0.2) is 41.1 Å². The number of aromatic amines is 1. The Bertz CT molecular complexity index is 499. The number of aromatic nitrogens is 1. The number of aryl methyl sites for hydroxylation is 1. The third kappa shape index (κ3) is 2.09. The molecule has 0 radical (unpaired) electrons. The highest BCUT2D eigenvalue weighted by molar-refractivity contribution is 9.10. The van der Waals surface area contributed by atoms with Crippen LogP contribution >= 0.6 is 15.9 Å². The monoisotopic (exact) mass is 277 g/mol. The van der Waals surface area contributed by atoms with Gasteiger partial charge in [0.1, 0.15) is 0 Å². The van der Waals surface area contributed by atoms with Gasteiger partial charge >= 0.3 is 0 Å². The summed E-state index contributed by atoms with van der Waals surface area (Å²) in [6, 6.07) is 7.43. The lowest BCUT2D eigenvalue weighted by Gasteiger charge is -2.01. The minimum absolute atomic E-state index is 0.0746. The lowest BCUT2D eigenvalue weighted by atomic mass is 10.0. The van der Waals surface area contributed by atoms with Gasteiger partial charge in [0.05, 0.1) is 0 Å². The SMILES string of the molecule is CCc1c[nH]cc1C(=O)c1ccc(Br)cc1. The molecule has 0 aliphatic rings. The number of hydrogen-bond acceptors (Lipinski definition) is 1. The molecule has 0 saturated heterocycles. The van der Waals surface area contributed by atoms with Crippen molar-refractivity contribution in [1.82, 2.24) is 4.98 Å². The summed E-state index contributed by atoms with van der Waals surface area (Å²) in [5.41, 5.74) is 2.55. The lowest BCUT2D eigenvalue weighted by Crippen LogP contribution is -2.02. The van der Waals surface area contributed by atoms with Gasteiger partial charge in [-0.2, -0.15) is 0 Å². The highest BCUT2D eigenvalue weighted by Gasteiger charge is 2.13. The standard InChI is InChI=1S/C13H12BrNO/c1-2-9-7-15-8-12(9)13(16)10-3-5-11(14)6-4-10/h3-8,15H,2H2,1H3. The summed E-state index contributed by atoms with van der Waals surface area (Å²) in [7, 11) is 0. The number of H-pyrrole nitrogens is 1. The molecule has 1 aromatic heterocycles. The van der Waals surface area contributed by atoms with Gasteiger partial charge in [-0.15, -0.1) is 0 Å². The number of halogens is 1. The highest BCUT2D eigenvalue weighted by Crippen LogP contribution is 2.17. The predicted molar refractivity (Wildman–Crippen MR) is 67.7 cm³/mol. The average molecular weight is 278 g/mol. The number of hydrogen-bond donors (Lipinski definition) is 1. The van der Waals surface area contributed by atoms with E-state index in [1.165, 1.54) is 0 Å². The third-order valence-electron chi connectivity index (χ3n) is 2.56. The number of nitrogens with one attached hydrogen (secondary N) is 1. The van der Waals surface area contributed by atoms with Crippen LogP contribution < -0.4 is 0 Å². The summed E-state index contributed by atoms with van der Waals surface area (Å²) < 4.78 is 0.980. The van der Waals surface area contributed by atoms with E-state index in [1.807, 2.05) is 37.4 Å². The third-order valence-corrected chi connectivity index (χ3v) is 3.09. The number of carbonyl (C=O) groups excluding carboxylic acids is 1. The van der Waals surface area contributed by atoms with E-state index in [-0.39, 0.29) is 5.78 Å². The summed E-state index contributed by atoms with van der Waals surface area (Å²) in [5, 5.41) is 0. The molecule has 2 rings (SSSR count). The van der Waals surface area contributed by atoms with E-state index in [2.05, 4.69) is 20.9 Å².